The van der Waals surface area contributed by atoms with E-state index in [0.717, 1.165) is 0 Å². The molecule has 1 heterocycles. The van der Waals surface area contributed by atoms with Gasteiger partial charge in [-0.05, 0) is 28.1 Å². The number of carbonyl (C=O) groups is 2. The molecule has 1 aromatic carbocycles. The van der Waals surface area contributed by atoms with Crippen LogP contribution in [0.4, 0.5) is 0 Å². The maximum Gasteiger partial charge on any atom is 0.338 e. The van der Waals surface area contributed by atoms with E-state index in [2.05, 4.69) is 15.9 Å². The van der Waals surface area contributed by atoms with Crippen LogP contribution in [0.3, 0.4) is 0 Å². The summed E-state index contributed by atoms with van der Waals surface area (Å²) in [5.74, 6) is -0.346. The highest BCUT2D eigenvalue weighted by atomic mass is 79.9. The average molecular weight is 316 g/mol. The van der Waals surface area contributed by atoms with Crippen molar-refractivity contribution in [1.29, 1.82) is 0 Å². The van der Waals surface area contributed by atoms with E-state index in [9.17, 15) is 9.59 Å². The van der Waals surface area contributed by atoms with Crippen molar-refractivity contribution in [3.63, 3.8) is 0 Å². The summed E-state index contributed by atoms with van der Waals surface area (Å²) in [7, 11) is 0. The summed E-state index contributed by atoms with van der Waals surface area (Å²) in [6.07, 6.45) is 0. The standard InChI is InChI=1S/C11H10BrNO5/c12-7-3-6(11(15)18-5-9(13)14)4-8-10(7)17-2-1-16-8/h3-4H,1-2,5H2,(H2,13,14). The van der Waals surface area contributed by atoms with Crippen LogP contribution in [0.1, 0.15) is 10.4 Å². The number of primary amides is 1. The van der Waals surface area contributed by atoms with Gasteiger partial charge in [0.25, 0.3) is 5.91 Å². The number of carbonyl (C=O) groups excluding carboxylic acids is 2. The number of amides is 1. The monoisotopic (exact) mass is 315 g/mol. The van der Waals surface area contributed by atoms with E-state index in [-0.39, 0.29) is 5.56 Å². The number of rotatable bonds is 3. The molecule has 2 N–H and O–H groups in total. The van der Waals surface area contributed by atoms with Gasteiger partial charge in [0.2, 0.25) is 0 Å². The zero-order chi connectivity index (χ0) is 13.1. The van der Waals surface area contributed by atoms with Crippen LogP contribution in [0.5, 0.6) is 11.5 Å². The van der Waals surface area contributed by atoms with Crippen molar-refractivity contribution in [2.45, 2.75) is 0 Å². The molecular formula is C11H10BrNO5. The minimum Gasteiger partial charge on any atom is -0.486 e. The molecule has 6 nitrogen and oxygen atoms in total. The highest BCUT2D eigenvalue weighted by Gasteiger charge is 2.19. The molecule has 0 spiro atoms. The van der Waals surface area contributed by atoms with Crippen molar-refractivity contribution in [2.24, 2.45) is 5.73 Å². The Bertz CT molecular complexity index is 502. The fourth-order valence-corrected chi connectivity index (χ4v) is 2.01. The third kappa shape index (κ3) is 2.73. The normalized spacial score (nSPS) is 12.9. The molecule has 2 rings (SSSR count). The molecular weight excluding hydrogens is 306 g/mol. The van der Waals surface area contributed by atoms with Crippen molar-refractivity contribution in [3.8, 4) is 11.5 Å². The first kappa shape index (κ1) is 12.7. The van der Waals surface area contributed by atoms with Gasteiger partial charge in [-0.3, -0.25) is 4.79 Å². The van der Waals surface area contributed by atoms with E-state index in [1.165, 1.54) is 12.1 Å². The second-order valence-corrected chi connectivity index (χ2v) is 4.38. The van der Waals surface area contributed by atoms with E-state index in [1.54, 1.807) is 0 Å². The molecule has 1 aliphatic heterocycles. The van der Waals surface area contributed by atoms with Gasteiger partial charge >= 0.3 is 5.97 Å². The quantitative estimate of drug-likeness (QED) is 0.836. The molecule has 7 heteroatoms. The molecule has 96 valence electrons. The lowest BCUT2D eigenvalue weighted by molar-refractivity contribution is -0.121. The molecule has 1 aromatic rings. The largest absolute Gasteiger partial charge is 0.486 e. The first-order valence-corrected chi connectivity index (χ1v) is 5.92. The van der Waals surface area contributed by atoms with Gasteiger partial charge in [-0.2, -0.15) is 0 Å². The maximum absolute atomic E-state index is 11.6. The lowest BCUT2D eigenvalue weighted by Crippen LogP contribution is -2.21. The van der Waals surface area contributed by atoms with Crippen molar-refractivity contribution < 1.29 is 23.8 Å². The minimum atomic E-state index is -0.708. The number of nitrogens with two attached hydrogens (primary N) is 1. The van der Waals surface area contributed by atoms with Gasteiger partial charge in [0.05, 0.1) is 10.0 Å². The number of esters is 1. The summed E-state index contributed by atoms with van der Waals surface area (Å²) in [5.41, 5.74) is 5.15. The number of halogens is 1. The van der Waals surface area contributed by atoms with Gasteiger partial charge in [-0.1, -0.05) is 0 Å². The van der Waals surface area contributed by atoms with Gasteiger partial charge in [-0.25, -0.2) is 4.79 Å². The zero-order valence-electron chi connectivity index (χ0n) is 9.27. The van der Waals surface area contributed by atoms with Crippen LogP contribution in [-0.4, -0.2) is 31.7 Å². The van der Waals surface area contributed by atoms with Crippen LogP contribution >= 0.6 is 15.9 Å². The van der Waals surface area contributed by atoms with Gasteiger partial charge in [0.1, 0.15) is 13.2 Å². The van der Waals surface area contributed by atoms with Crippen LogP contribution in [0.25, 0.3) is 0 Å². The molecule has 0 bridgehead atoms. The van der Waals surface area contributed by atoms with Crippen LogP contribution in [0.15, 0.2) is 16.6 Å². The molecule has 1 amide bonds. The lowest BCUT2D eigenvalue weighted by atomic mass is 10.2. The van der Waals surface area contributed by atoms with E-state index >= 15 is 0 Å². The molecule has 0 fully saturated rings. The summed E-state index contributed by atoms with van der Waals surface area (Å²) in [4.78, 5) is 22.2. The number of ether oxygens (including phenoxy) is 3. The number of fused-ring (bicyclic) bond motifs is 1. The summed E-state index contributed by atoms with van der Waals surface area (Å²) in [6, 6.07) is 3.04. The van der Waals surface area contributed by atoms with E-state index in [4.69, 9.17) is 19.9 Å². The Kier molecular flexibility index (Phi) is 3.71. The third-order valence-electron chi connectivity index (χ3n) is 2.18. The van der Waals surface area contributed by atoms with Crippen LogP contribution in [0, 0.1) is 0 Å². The number of benzene rings is 1. The number of hydrogen-bond donors (Lipinski definition) is 1. The Morgan fingerprint density at radius 2 is 2.06 bits per heavy atom. The van der Waals surface area contributed by atoms with Gasteiger partial charge < -0.3 is 19.9 Å². The maximum atomic E-state index is 11.6. The Labute approximate surface area is 111 Å². The zero-order valence-corrected chi connectivity index (χ0v) is 10.9. The highest BCUT2D eigenvalue weighted by molar-refractivity contribution is 9.10. The molecule has 0 aromatic heterocycles. The molecule has 0 saturated heterocycles. The van der Waals surface area contributed by atoms with E-state index in [1.807, 2.05) is 0 Å². The SMILES string of the molecule is NC(=O)COC(=O)c1cc(Br)c2c(c1)OCCO2. The van der Waals surface area contributed by atoms with Gasteiger partial charge in [0, 0.05) is 0 Å². The molecule has 0 atom stereocenters. The molecule has 18 heavy (non-hydrogen) atoms. The van der Waals surface area contributed by atoms with E-state index < -0.39 is 18.5 Å². The second-order valence-electron chi connectivity index (χ2n) is 3.52. The summed E-state index contributed by atoms with van der Waals surface area (Å²) < 4.78 is 16.0. The topological polar surface area (TPSA) is 87.9 Å². The number of hydrogen-bond acceptors (Lipinski definition) is 5. The Morgan fingerprint density at radius 3 is 2.78 bits per heavy atom. The smallest absolute Gasteiger partial charge is 0.338 e. The fraction of sp³-hybridized carbons (Fsp3) is 0.273. The fourth-order valence-electron chi connectivity index (χ4n) is 1.45. The second kappa shape index (κ2) is 5.26. The van der Waals surface area contributed by atoms with Crippen molar-refractivity contribution in [1.82, 2.24) is 0 Å². The first-order valence-electron chi connectivity index (χ1n) is 5.12. The summed E-state index contributed by atoms with van der Waals surface area (Å²) in [5, 5.41) is 0. The first-order chi connectivity index (χ1) is 8.58. The molecule has 0 unspecified atom stereocenters. The van der Waals surface area contributed by atoms with Gasteiger partial charge in [0.15, 0.2) is 18.1 Å². The summed E-state index contributed by atoms with van der Waals surface area (Å²) >= 11 is 3.28. The molecule has 0 saturated carbocycles. The Balaban J connectivity index is 2.21. The van der Waals surface area contributed by atoms with Crippen LogP contribution < -0.4 is 15.2 Å². The predicted octanol–water partition coefficient (Wildman–Crippen LogP) is 0.862. The van der Waals surface area contributed by atoms with Crippen molar-refractivity contribution >= 4 is 27.8 Å². The van der Waals surface area contributed by atoms with Crippen molar-refractivity contribution in [2.75, 3.05) is 19.8 Å². The minimum absolute atomic E-state index is 0.257. The molecule has 0 aliphatic carbocycles. The average Bonchev–Trinajstić information content (AvgIpc) is 2.36. The summed E-state index contributed by atoms with van der Waals surface area (Å²) in [6.45, 7) is 0.418. The lowest BCUT2D eigenvalue weighted by Gasteiger charge is -2.20. The van der Waals surface area contributed by atoms with Gasteiger partial charge in [-0.15, -0.1) is 0 Å². The van der Waals surface area contributed by atoms with E-state index in [0.29, 0.717) is 29.2 Å². The van der Waals surface area contributed by atoms with Crippen LogP contribution in [0.2, 0.25) is 0 Å². The van der Waals surface area contributed by atoms with Crippen molar-refractivity contribution in [3.05, 3.63) is 22.2 Å². The third-order valence-corrected chi connectivity index (χ3v) is 2.77. The highest BCUT2D eigenvalue weighted by Crippen LogP contribution is 2.38. The molecule has 1 aliphatic rings. The predicted molar refractivity (Wildman–Crippen MR) is 64.6 cm³/mol. The Hall–Kier alpha value is -1.76. The Morgan fingerprint density at radius 1 is 1.33 bits per heavy atom. The van der Waals surface area contributed by atoms with Crippen LogP contribution in [-0.2, 0) is 9.53 Å². The molecule has 0 radical (unpaired) electrons.